The maximum atomic E-state index is 11.0. The maximum Gasteiger partial charge on any atom is 0.246 e. The first-order valence-electron chi connectivity index (χ1n) is 4.85. The van der Waals surface area contributed by atoms with Gasteiger partial charge in [-0.2, -0.15) is 0 Å². The van der Waals surface area contributed by atoms with Gasteiger partial charge in [0.1, 0.15) is 6.61 Å². The second-order valence-corrected chi connectivity index (χ2v) is 3.25. The number of nitrogens with one attached hydrogen (secondary N) is 2. The van der Waals surface area contributed by atoms with E-state index in [1.807, 2.05) is 0 Å². The van der Waals surface area contributed by atoms with Crippen LogP contribution >= 0.6 is 0 Å². The quantitative estimate of drug-likeness (QED) is 0.438. The highest BCUT2D eigenvalue weighted by Crippen LogP contribution is 1.78. The molecule has 0 atom stereocenters. The molecule has 0 aliphatic heterocycles. The normalized spacial score (nSPS) is 10.2. The van der Waals surface area contributed by atoms with Crippen LogP contribution in [0.1, 0.15) is 13.8 Å². The van der Waals surface area contributed by atoms with Gasteiger partial charge in [-0.15, -0.1) is 6.58 Å². The smallest absolute Gasteiger partial charge is 0.246 e. The number of carbonyl (C=O) groups is 1. The van der Waals surface area contributed by atoms with E-state index in [1.165, 1.54) is 0 Å². The summed E-state index contributed by atoms with van der Waals surface area (Å²) in [5.41, 5.74) is 0. The van der Waals surface area contributed by atoms with Gasteiger partial charge in [0.15, 0.2) is 0 Å². The summed E-state index contributed by atoms with van der Waals surface area (Å²) in [6, 6.07) is 0.452. The molecule has 0 fully saturated rings. The fraction of sp³-hybridized carbons (Fsp3) is 0.700. The van der Waals surface area contributed by atoms with Gasteiger partial charge < -0.3 is 15.4 Å². The lowest BCUT2D eigenvalue weighted by Gasteiger charge is -2.08. The third-order valence-corrected chi connectivity index (χ3v) is 1.48. The maximum absolute atomic E-state index is 11.0. The van der Waals surface area contributed by atoms with Crippen molar-refractivity contribution in [1.82, 2.24) is 10.6 Å². The van der Waals surface area contributed by atoms with Gasteiger partial charge in [0.05, 0.1) is 6.61 Å². The van der Waals surface area contributed by atoms with Crippen molar-refractivity contribution in [1.29, 1.82) is 0 Å². The number of hydrogen-bond donors (Lipinski definition) is 2. The van der Waals surface area contributed by atoms with Crippen LogP contribution in [0.15, 0.2) is 12.7 Å². The molecule has 14 heavy (non-hydrogen) atoms. The summed E-state index contributed by atoms with van der Waals surface area (Å²) in [6.45, 7) is 9.57. The predicted molar refractivity (Wildman–Crippen MR) is 57.2 cm³/mol. The molecule has 0 rings (SSSR count). The van der Waals surface area contributed by atoms with Crippen LogP contribution in [0.2, 0.25) is 0 Å². The molecule has 0 saturated carbocycles. The Morgan fingerprint density at radius 2 is 2.29 bits per heavy atom. The Labute approximate surface area is 85.7 Å². The van der Waals surface area contributed by atoms with Gasteiger partial charge in [-0.1, -0.05) is 19.9 Å². The molecule has 0 aromatic heterocycles. The molecule has 0 radical (unpaired) electrons. The first kappa shape index (κ1) is 13.1. The van der Waals surface area contributed by atoms with E-state index in [0.717, 1.165) is 6.54 Å². The zero-order valence-electron chi connectivity index (χ0n) is 9.01. The Morgan fingerprint density at radius 3 is 2.86 bits per heavy atom. The average molecular weight is 200 g/mol. The van der Waals surface area contributed by atoms with Crippen LogP contribution in [-0.4, -0.2) is 38.3 Å². The average Bonchev–Trinajstić information content (AvgIpc) is 2.13. The molecule has 1 amide bonds. The molecule has 0 aromatic rings. The van der Waals surface area contributed by atoms with Crippen molar-refractivity contribution in [2.24, 2.45) is 0 Å². The van der Waals surface area contributed by atoms with Gasteiger partial charge in [0, 0.05) is 19.1 Å². The number of carbonyl (C=O) groups excluding carboxylic acids is 1. The number of ether oxygens (including phenoxy) is 1. The lowest BCUT2D eigenvalue weighted by atomic mass is 10.4. The predicted octanol–water partition coefficient (Wildman–Crippen LogP) is 0.303. The van der Waals surface area contributed by atoms with E-state index in [2.05, 4.69) is 31.1 Å². The molecule has 0 saturated heterocycles. The van der Waals surface area contributed by atoms with Crippen molar-refractivity contribution in [3.63, 3.8) is 0 Å². The highest BCUT2D eigenvalue weighted by Gasteiger charge is 1.98. The summed E-state index contributed by atoms with van der Waals surface area (Å²) in [7, 11) is 0. The second-order valence-electron chi connectivity index (χ2n) is 3.25. The number of rotatable bonds is 8. The molecule has 0 heterocycles. The monoisotopic (exact) mass is 200 g/mol. The molecular weight excluding hydrogens is 180 g/mol. The molecule has 4 nitrogen and oxygen atoms in total. The zero-order chi connectivity index (χ0) is 10.8. The van der Waals surface area contributed by atoms with Crippen molar-refractivity contribution in [3.8, 4) is 0 Å². The highest BCUT2D eigenvalue weighted by molar-refractivity contribution is 5.77. The Bertz CT molecular complexity index is 170. The van der Waals surface area contributed by atoms with Gasteiger partial charge >= 0.3 is 0 Å². The largest absolute Gasteiger partial charge is 0.370 e. The summed E-state index contributed by atoms with van der Waals surface area (Å²) in [5, 5.41) is 5.82. The molecule has 0 aliphatic rings. The fourth-order valence-electron chi connectivity index (χ4n) is 0.822. The molecule has 0 aliphatic carbocycles. The lowest BCUT2D eigenvalue weighted by Crippen LogP contribution is -2.30. The highest BCUT2D eigenvalue weighted by atomic mass is 16.5. The summed E-state index contributed by atoms with van der Waals surface area (Å²) in [6.07, 6.45) is 1.64. The van der Waals surface area contributed by atoms with Gasteiger partial charge in [0.2, 0.25) is 5.91 Å². The van der Waals surface area contributed by atoms with E-state index in [9.17, 15) is 4.79 Å². The standard InChI is InChI=1S/C10H20N2O2/c1-4-5-12-10(13)8-14-7-6-11-9(2)3/h4,9,11H,1,5-8H2,2-3H3,(H,12,13). The lowest BCUT2D eigenvalue weighted by molar-refractivity contribution is -0.125. The van der Waals surface area contributed by atoms with Crippen LogP contribution < -0.4 is 10.6 Å². The SMILES string of the molecule is C=CCNC(=O)COCCNC(C)C. The van der Waals surface area contributed by atoms with E-state index in [-0.39, 0.29) is 12.5 Å². The topological polar surface area (TPSA) is 50.4 Å². The summed E-state index contributed by atoms with van der Waals surface area (Å²) in [4.78, 5) is 11.0. The van der Waals surface area contributed by atoms with Crippen molar-refractivity contribution in [2.45, 2.75) is 19.9 Å². The number of hydrogen-bond acceptors (Lipinski definition) is 3. The molecule has 2 N–H and O–H groups in total. The minimum Gasteiger partial charge on any atom is -0.370 e. The van der Waals surface area contributed by atoms with E-state index in [0.29, 0.717) is 19.2 Å². The summed E-state index contributed by atoms with van der Waals surface area (Å²) in [5.74, 6) is -0.102. The molecule has 0 unspecified atom stereocenters. The van der Waals surface area contributed by atoms with Crippen LogP contribution in [0.25, 0.3) is 0 Å². The van der Waals surface area contributed by atoms with Crippen LogP contribution in [0, 0.1) is 0 Å². The molecule has 0 spiro atoms. The van der Waals surface area contributed by atoms with E-state index in [4.69, 9.17) is 4.74 Å². The van der Waals surface area contributed by atoms with E-state index >= 15 is 0 Å². The van der Waals surface area contributed by atoms with E-state index < -0.39 is 0 Å². The molecule has 82 valence electrons. The minimum atomic E-state index is -0.102. The molecule has 0 aromatic carbocycles. The molecule has 0 bridgehead atoms. The Hall–Kier alpha value is -0.870. The zero-order valence-corrected chi connectivity index (χ0v) is 9.01. The summed E-state index contributed by atoms with van der Waals surface area (Å²) >= 11 is 0. The van der Waals surface area contributed by atoms with Gasteiger partial charge in [-0.25, -0.2) is 0 Å². The fourth-order valence-corrected chi connectivity index (χ4v) is 0.822. The van der Waals surface area contributed by atoms with Crippen LogP contribution in [0.4, 0.5) is 0 Å². The second kappa shape index (κ2) is 8.72. The summed E-state index contributed by atoms with van der Waals surface area (Å²) < 4.78 is 5.13. The van der Waals surface area contributed by atoms with E-state index in [1.54, 1.807) is 6.08 Å². The van der Waals surface area contributed by atoms with Crippen LogP contribution in [0.3, 0.4) is 0 Å². The van der Waals surface area contributed by atoms with Gasteiger partial charge in [-0.05, 0) is 0 Å². The van der Waals surface area contributed by atoms with Crippen molar-refractivity contribution in [2.75, 3.05) is 26.3 Å². The van der Waals surface area contributed by atoms with Crippen molar-refractivity contribution < 1.29 is 9.53 Å². The molecular formula is C10H20N2O2. The minimum absolute atomic E-state index is 0.102. The third-order valence-electron chi connectivity index (χ3n) is 1.48. The van der Waals surface area contributed by atoms with Crippen molar-refractivity contribution >= 4 is 5.91 Å². The third kappa shape index (κ3) is 9.22. The van der Waals surface area contributed by atoms with Crippen LogP contribution in [0.5, 0.6) is 0 Å². The molecule has 4 heteroatoms. The first-order valence-corrected chi connectivity index (χ1v) is 4.85. The van der Waals surface area contributed by atoms with Gasteiger partial charge in [0.25, 0.3) is 0 Å². The van der Waals surface area contributed by atoms with Crippen molar-refractivity contribution in [3.05, 3.63) is 12.7 Å². The number of amides is 1. The Morgan fingerprint density at radius 1 is 1.57 bits per heavy atom. The Kier molecular flexibility index (Phi) is 8.17. The van der Waals surface area contributed by atoms with Crippen LogP contribution in [-0.2, 0) is 9.53 Å². The Balaban J connectivity index is 3.18. The van der Waals surface area contributed by atoms with Gasteiger partial charge in [-0.3, -0.25) is 4.79 Å². The first-order chi connectivity index (χ1) is 6.66.